The normalized spacial score (nSPS) is 15.7. The third-order valence-corrected chi connectivity index (χ3v) is 5.98. The highest BCUT2D eigenvalue weighted by Gasteiger charge is 2.34. The number of carbonyl (C=O) groups is 1. The van der Waals surface area contributed by atoms with Crippen LogP contribution in [0.1, 0.15) is 34.2 Å². The summed E-state index contributed by atoms with van der Waals surface area (Å²) in [5.74, 6) is 1.57. The Labute approximate surface area is 180 Å². The summed E-state index contributed by atoms with van der Waals surface area (Å²) in [6.07, 6.45) is 2.39. The number of amides is 2. The van der Waals surface area contributed by atoms with E-state index in [1.54, 1.807) is 13.4 Å². The van der Waals surface area contributed by atoms with Gasteiger partial charge in [0.25, 0.3) is 0 Å². The van der Waals surface area contributed by atoms with Gasteiger partial charge in [-0.1, -0.05) is 29.8 Å². The minimum Gasteiger partial charge on any atom is -0.497 e. The topological polar surface area (TPSA) is 70.5 Å². The number of carbonyl (C=O) groups excluding carboxylic acids is 1. The van der Waals surface area contributed by atoms with Crippen molar-refractivity contribution in [3.8, 4) is 5.75 Å². The lowest BCUT2D eigenvalue weighted by Crippen LogP contribution is -2.45. The molecule has 2 N–H and O–H groups in total. The van der Waals surface area contributed by atoms with Crippen LogP contribution >= 0.6 is 0 Å². The third-order valence-electron chi connectivity index (χ3n) is 5.98. The van der Waals surface area contributed by atoms with Crippen molar-refractivity contribution in [1.82, 2.24) is 15.2 Å². The average Bonchev–Trinajstić information content (AvgIpc) is 3.44. The SMILES string of the molecule is COc1ccc2[nH]c3c(c2c1)CCN(C(=O)NCc1ccco1)[C@H]3c1ccc(C)cc1. The number of ether oxygens (including phenoxy) is 1. The highest BCUT2D eigenvalue weighted by molar-refractivity contribution is 5.87. The highest BCUT2D eigenvalue weighted by atomic mass is 16.5. The maximum absolute atomic E-state index is 13.2. The first-order valence-corrected chi connectivity index (χ1v) is 10.5. The molecule has 1 aliphatic rings. The van der Waals surface area contributed by atoms with Crippen LogP contribution in [0.25, 0.3) is 10.9 Å². The summed E-state index contributed by atoms with van der Waals surface area (Å²) >= 11 is 0. The molecule has 0 fully saturated rings. The van der Waals surface area contributed by atoms with Crippen LogP contribution in [0.4, 0.5) is 4.79 Å². The third kappa shape index (κ3) is 3.54. The molecular weight excluding hydrogens is 390 g/mol. The second kappa shape index (κ2) is 7.87. The van der Waals surface area contributed by atoms with Crippen molar-refractivity contribution in [1.29, 1.82) is 0 Å². The van der Waals surface area contributed by atoms with Crippen molar-refractivity contribution in [2.75, 3.05) is 13.7 Å². The predicted molar refractivity (Wildman–Crippen MR) is 119 cm³/mol. The van der Waals surface area contributed by atoms with Crippen molar-refractivity contribution in [2.45, 2.75) is 25.9 Å². The summed E-state index contributed by atoms with van der Waals surface area (Å²) < 4.78 is 10.8. The van der Waals surface area contributed by atoms with Crippen LogP contribution in [-0.4, -0.2) is 29.6 Å². The predicted octanol–water partition coefficient (Wildman–Crippen LogP) is 4.94. The Bertz CT molecular complexity index is 1210. The molecule has 6 nitrogen and oxygen atoms in total. The van der Waals surface area contributed by atoms with Gasteiger partial charge in [0.2, 0.25) is 0 Å². The van der Waals surface area contributed by atoms with Gasteiger partial charge in [-0.15, -0.1) is 0 Å². The molecule has 2 aromatic carbocycles. The van der Waals surface area contributed by atoms with Crippen LogP contribution in [0.15, 0.2) is 65.3 Å². The number of methoxy groups -OCH3 is 1. The zero-order chi connectivity index (χ0) is 21.4. The fraction of sp³-hybridized carbons (Fsp3) is 0.240. The van der Waals surface area contributed by atoms with Gasteiger partial charge in [0.15, 0.2) is 0 Å². The lowest BCUT2D eigenvalue weighted by molar-refractivity contribution is 0.178. The number of aryl methyl sites for hydroxylation is 1. The number of furan rings is 1. The quantitative estimate of drug-likeness (QED) is 0.496. The van der Waals surface area contributed by atoms with Crippen LogP contribution in [0.2, 0.25) is 0 Å². The number of nitrogens with zero attached hydrogens (tertiary/aromatic N) is 1. The fourth-order valence-electron chi connectivity index (χ4n) is 4.39. The molecule has 2 amide bonds. The second-order valence-electron chi connectivity index (χ2n) is 7.92. The van der Waals surface area contributed by atoms with E-state index in [0.29, 0.717) is 13.1 Å². The van der Waals surface area contributed by atoms with Gasteiger partial charge in [-0.2, -0.15) is 0 Å². The first-order valence-electron chi connectivity index (χ1n) is 10.5. The Kier molecular flexibility index (Phi) is 4.90. The molecule has 5 rings (SSSR count). The number of urea groups is 1. The Morgan fingerprint density at radius 1 is 1.23 bits per heavy atom. The molecule has 0 aliphatic carbocycles. The molecule has 0 saturated heterocycles. The number of fused-ring (bicyclic) bond motifs is 3. The molecule has 0 saturated carbocycles. The minimum absolute atomic E-state index is 0.108. The number of hydrogen-bond donors (Lipinski definition) is 2. The molecule has 0 unspecified atom stereocenters. The van der Waals surface area contributed by atoms with E-state index < -0.39 is 0 Å². The van der Waals surface area contributed by atoms with E-state index in [2.05, 4.69) is 47.6 Å². The van der Waals surface area contributed by atoms with Crippen LogP contribution in [0, 0.1) is 6.92 Å². The van der Waals surface area contributed by atoms with Crippen molar-refractivity contribution < 1.29 is 13.9 Å². The molecule has 0 spiro atoms. The molecule has 3 heterocycles. The monoisotopic (exact) mass is 415 g/mol. The fourth-order valence-corrected chi connectivity index (χ4v) is 4.39. The van der Waals surface area contributed by atoms with E-state index >= 15 is 0 Å². The average molecular weight is 415 g/mol. The van der Waals surface area contributed by atoms with E-state index in [9.17, 15) is 4.79 Å². The Morgan fingerprint density at radius 3 is 2.81 bits per heavy atom. The van der Waals surface area contributed by atoms with Gasteiger partial charge in [-0.3, -0.25) is 0 Å². The number of benzene rings is 2. The van der Waals surface area contributed by atoms with Crippen molar-refractivity contribution in [2.24, 2.45) is 0 Å². The molecule has 2 aromatic heterocycles. The van der Waals surface area contributed by atoms with Crippen LogP contribution < -0.4 is 10.1 Å². The highest BCUT2D eigenvalue weighted by Crippen LogP contribution is 2.39. The number of aromatic amines is 1. The van der Waals surface area contributed by atoms with E-state index in [1.807, 2.05) is 29.2 Å². The smallest absolute Gasteiger partial charge is 0.318 e. The van der Waals surface area contributed by atoms with Crippen molar-refractivity contribution >= 4 is 16.9 Å². The lowest BCUT2D eigenvalue weighted by atomic mass is 9.92. The van der Waals surface area contributed by atoms with Crippen molar-refractivity contribution in [3.05, 3.63) is 89.0 Å². The molecule has 158 valence electrons. The second-order valence-corrected chi connectivity index (χ2v) is 7.92. The number of rotatable bonds is 4. The number of aromatic nitrogens is 1. The Hall–Kier alpha value is -3.67. The first kappa shape index (κ1) is 19.3. The van der Waals surface area contributed by atoms with Gasteiger partial charge in [0.1, 0.15) is 11.5 Å². The molecule has 0 radical (unpaired) electrons. The van der Waals surface area contributed by atoms with Crippen LogP contribution in [0.5, 0.6) is 5.75 Å². The van der Waals surface area contributed by atoms with Gasteiger partial charge in [-0.05, 0) is 54.8 Å². The van der Waals surface area contributed by atoms with Gasteiger partial charge < -0.3 is 24.4 Å². The zero-order valence-corrected chi connectivity index (χ0v) is 17.6. The summed E-state index contributed by atoms with van der Waals surface area (Å²) in [5, 5.41) is 4.16. The molecular formula is C25H25N3O3. The van der Waals surface area contributed by atoms with Gasteiger partial charge in [-0.25, -0.2) is 4.79 Å². The van der Waals surface area contributed by atoms with E-state index in [4.69, 9.17) is 9.15 Å². The molecule has 1 aliphatic heterocycles. The number of nitrogens with one attached hydrogen (secondary N) is 2. The maximum atomic E-state index is 13.2. The van der Waals surface area contributed by atoms with Crippen LogP contribution in [0.3, 0.4) is 0 Å². The maximum Gasteiger partial charge on any atom is 0.318 e. The zero-order valence-electron chi connectivity index (χ0n) is 17.6. The molecule has 0 bridgehead atoms. The standard InChI is InChI=1S/C25H25N3O3/c1-16-5-7-17(8-6-16)24-23-20(21-14-18(30-2)9-10-22(21)27-23)11-12-28(24)25(29)26-15-19-4-3-13-31-19/h3-10,13-14,24,27H,11-12,15H2,1-2H3,(H,26,29)/t24-/m0/s1. The summed E-state index contributed by atoms with van der Waals surface area (Å²) in [6.45, 7) is 3.05. The molecule has 1 atom stereocenters. The van der Waals surface area contributed by atoms with Gasteiger partial charge in [0.05, 0.1) is 26.0 Å². The summed E-state index contributed by atoms with van der Waals surface area (Å²) in [6, 6.07) is 17.8. The Morgan fingerprint density at radius 2 is 2.06 bits per heavy atom. The first-order chi connectivity index (χ1) is 15.1. The number of hydrogen-bond acceptors (Lipinski definition) is 3. The van der Waals surface area contributed by atoms with Crippen molar-refractivity contribution in [3.63, 3.8) is 0 Å². The summed E-state index contributed by atoms with van der Waals surface area (Å²) in [5.41, 5.74) is 5.63. The van der Waals surface area contributed by atoms with E-state index in [0.717, 1.165) is 40.1 Å². The molecule has 4 aromatic rings. The van der Waals surface area contributed by atoms with Gasteiger partial charge >= 0.3 is 6.03 Å². The molecule has 31 heavy (non-hydrogen) atoms. The summed E-state index contributed by atoms with van der Waals surface area (Å²) in [7, 11) is 1.68. The minimum atomic E-state index is -0.195. The molecule has 6 heteroatoms. The number of H-pyrrole nitrogens is 1. The lowest BCUT2D eigenvalue weighted by Gasteiger charge is -2.36. The van der Waals surface area contributed by atoms with E-state index in [1.165, 1.54) is 11.1 Å². The van der Waals surface area contributed by atoms with Gasteiger partial charge in [0, 0.05) is 23.1 Å². The largest absolute Gasteiger partial charge is 0.497 e. The van der Waals surface area contributed by atoms with E-state index in [-0.39, 0.29) is 12.1 Å². The summed E-state index contributed by atoms with van der Waals surface area (Å²) in [4.78, 5) is 18.7. The Balaban J connectivity index is 1.54. The van der Waals surface area contributed by atoms with Crippen LogP contribution in [-0.2, 0) is 13.0 Å².